The van der Waals surface area contributed by atoms with Crippen LogP contribution in [-0.4, -0.2) is 45.2 Å². The summed E-state index contributed by atoms with van der Waals surface area (Å²) < 4.78 is 6.31. The van der Waals surface area contributed by atoms with Crippen LogP contribution in [0.2, 0.25) is 0 Å². The monoisotopic (exact) mass is 228 g/mol. The standard InChI is InChI=1S/C9H12N2O5/c12-3-6-8(14)5(4-16-6)11-2-1-7(13)10-9(11)15/h1-2,5-6,8,12,14H,3-4H2,(H,10,13,15)/t5-,6-,8-/m0/s1. The number of nitrogens with zero attached hydrogens (tertiary/aromatic N) is 1. The predicted octanol–water partition coefficient (Wildman–Crippen LogP) is -2.17. The van der Waals surface area contributed by atoms with Crippen LogP contribution in [0.4, 0.5) is 0 Å². The van der Waals surface area contributed by atoms with E-state index in [4.69, 9.17) is 9.84 Å². The van der Waals surface area contributed by atoms with Gasteiger partial charge in [0.2, 0.25) is 0 Å². The number of rotatable bonds is 2. The molecule has 2 rings (SSSR count). The summed E-state index contributed by atoms with van der Waals surface area (Å²) in [6, 6.07) is 0.613. The number of aliphatic hydroxyl groups excluding tert-OH is 2. The van der Waals surface area contributed by atoms with Crippen LogP contribution in [0.1, 0.15) is 6.04 Å². The quantitative estimate of drug-likeness (QED) is 0.534. The molecule has 3 N–H and O–H groups in total. The van der Waals surface area contributed by atoms with E-state index in [1.807, 2.05) is 0 Å². The average Bonchev–Trinajstić information content (AvgIpc) is 2.60. The van der Waals surface area contributed by atoms with E-state index in [2.05, 4.69) is 4.98 Å². The number of ether oxygens (including phenoxy) is 1. The van der Waals surface area contributed by atoms with Crippen LogP contribution in [0.3, 0.4) is 0 Å². The Balaban J connectivity index is 2.32. The molecule has 2 heterocycles. The maximum atomic E-state index is 11.4. The molecule has 0 amide bonds. The Hall–Kier alpha value is -1.44. The molecule has 0 unspecified atom stereocenters. The largest absolute Gasteiger partial charge is 0.394 e. The van der Waals surface area contributed by atoms with Crippen molar-refractivity contribution >= 4 is 0 Å². The molecule has 16 heavy (non-hydrogen) atoms. The Kier molecular flexibility index (Phi) is 2.90. The molecule has 1 saturated heterocycles. The van der Waals surface area contributed by atoms with Crippen molar-refractivity contribution in [3.05, 3.63) is 33.1 Å². The molecule has 1 aliphatic heterocycles. The van der Waals surface area contributed by atoms with E-state index < -0.39 is 29.5 Å². The molecule has 0 radical (unpaired) electrons. The van der Waals surface area contributed by atoms with Gasteiger partial charge in [-0.1, -0.05) is 0 Å². The second-order valence-corrected chi connectivity index (χ2v) is 3.63. The number of hydrogen-bond acceptors (Lipinski definition) is 5. The van der Waals surface area contributed by atoms with Crippen LogP contribution >= 0.6 is 0 Å². The Morgan fingerprint density at radius 1 is 1.56 bits per heavy atom. The maximum absolute atomic E-state index is 11.4. The molecule has 1 fully saturated rings. The summed E-state index contributed by atoms with van der Waals surface area (Å²) in [5, 5.41) is 18.6. The van der Waals surface area contributed by atoms with Crippen LogP contribution in [0, 0.1) is 0 Å². The second-order valence-electron chi connectivity index (χ2n) is 3.63. The maximum Gasteiger partial charge on any atom is 0.328 e. The minimum Gasteiger partial charge on any atom is -0.394 e. The SMILES string of the molecule is O=c1ccn([C@H]2CO[C@@H](CO)[C@H]2O)c(=O)[nH]1. The average molecular weight is 228 g/mol. The van der Waals surface area contributed by atoms with E-state index in [-0.39, 0.29) is 13.2 Å². The molecule has 0 saturated carbocycles. The third-order valence-corrected chi connectivity index (χ3v) is 2.64. The first-order valence-corrected chi connectivity index (χ1v) is 4.85. The van der Waals surface area contributed by atoms with E-state index in [1.165, 1.54) is 16.8 Å². The topological polar surface area (TPSA) is 105 Å². The molecular formula is C9H12N2O5. The van der Waals surface area contributed by atoms with E-state index in [9.17, 15) is 14.7 Å². The molecule has 88 valence electrons. The number of H-pyrrole nitrogens is 1. The smallest absolute Gasteiger partial charge is 0.328 e. The van der Waals surface area contributed by atoms with Crippen molar-refractivity contribution in [1.82, 2.24) is 9.55 Å². The minimum atomic E-state index is -0.964. The molecule has 0 aromatic carbocycles. The lowest BCUT2D eigenvalue weighted by Crippen LogP contribution is -2.38. The highest BCUT2D eigenvalue weighted by atomic mass is 16.5. The Bertz CT molecular complexity index is 479. The van der Waals surface area contributed by atoms with E-state index in [0.29, 0.717) is 0 Å². The van der Waals surface area contributed by atoms with Gasteiger partial charge in [0.25, 0.3) is 5.56 Å². The predicted molar refractivity (Wildman–Crippen MR) is 53.2 cm³/mol. The molecule has 0 aliphatic carbocycles. The minimum absolute atomic E-state index is 0.123. The highest BCUT2D eigenvalue weighted by Gasteiger charge is 2.36. The lowest BCUT2D eigenvalue weighted by atomic mass is 10.1. The van der Waals surface area contributed by atoms with Gasteiger partial charge in [-0.25, -0.2) is 4.79 Å². The van der Waals surface area contributed by atoms with E-state index in [0.717, 1.165) is 0 Å². The molecule has 0 bridgehead atoms. The van der Waals surface area contributed by atoms with Crippen LogP contribution in [0.25, 0.3) is 0 Å². The number of aliphatic hydroxyl groups is 2. The molecule has 7 heteroatoms. The van der Waals surface area contributed by atoms with Crippen molar-refractivity contribution in [2.75, 3.05) is 13.2 Å². The van der Waals surface area contributed by atoms with Gasteiger partial charge < -0.3 is 14.9 Å². The first-order chi connectivity index (χ1) is 7.63. The number of nitrogens with one attached hydrogen (secondary N) is 1. The van der Waals surface area contributed by atoms with Crippen molar-refractivity contribution in [2.24, 2.45) is 0 Å². The van der Waals surface area contributed by atoms with Gasteiger partial charge >= 0.3 is 5.69 Å². The van der Waals surface area contributed by atoms with Gasteiger partial charge in [-0.15, -0.1) is 0 Å². The molecule has 3 atom stereocenters. The van der Waals surface area contributed by atoms with Crippen LogP contribution < -0.4 is 11.2 Å². The van der Waals surface area contributed by atoms with Crippen molar-refractivity contribution in [2.45, 2.75) is 18.2 Å². The highest BCUT2D eigenvalue weighted by molar-refractivity contribution is 4.93. The van der Waals surface area contributed by atoms with Gasteiger partial charge in [-0.05, 0) is 0 Å². The molecule has 1 aromatic rings. The summed E-state index contributed by atoms with van der Waals surface area (Å²) >= 11 is 0. The Labute approximate surface area is 89.9 Å². The third kappa shape index (κ3) is 1.80. The second kappa shape index (κ2) is 4.20. The lowest BCUT2D eigenvalue weighted by molar-refractivity contribution is 0.00189. The number of hydrogen-bond donors (Lipinski definition) is 3. The highest BCUT2D eigenvalue weighted by Crippen LogP contribution is 2.22. The van der Waals surface area contributed by atoms with Gasteiger partial charge in [0.1, 0.15) is 12.2 Å². The van der Waals surface area contributed by atoms with Gasteiger partial charge in [-0.2, -0.15) is 0 Å². The number of aromatic nitrogens is 2. The van der Waals surface area contributed by atoms with Gasteiger partial charge in [0, 0.05) is 12.3 Å². The number of aromatic amines is 1. The van der Waals surface area contributed by atoms with Crippen molar-refractivity contribution in [1.29, 1.82) is 0 Å². The summed E-state index contributed by atoms with van der Waals surface area (Å²) in [5.41, 5.74) is -1.09. The summed E-state index contributed by atoms with van der Waals surface area (Å²) in [4.78, 5) is 24.4. The molecule has 7 nitrogen and oxygen atoms in total. The lowest BCUT2D eigenvalue weighted by Gasteiger charge is -2.17. The normalized spacial score (nSPS) is 29.5. The fourth-order valence-corrected chi connectivity index (χ4v) is 1.76. The first-order valence-electron chi connectivity index (χ1n) is 4.85. The third-order valence-electron chi connectivity index (χ3n) is 2.64. The van der Waals surface area contributed by atoms with Crippen LogP contribution in [0.15, 0.2) is 21.9 Å². The van der Waals surface area contributed by atoms with Crippen molar-refractivity contribution < 1.29 is 14.9 Å². The van der Waals surface area contributed by atoms with Gasteiger partial charge in [0.05, 0.1) is 19.3 Å². The Morgan fingerprint density at radius 2 is 2.31 bits per heavy atom. The zero-order valence-corrected chi connectivity index (χ0v) is 8.37. The van der Waals surface area contributed by atoms with Crippen LogP contribution in [-0.2, 0) is 4.74 Å². The molecular weight excluding hydrogens is 216 g/mol. The fraction of sp³-hybridized carbons (Fsp3) is 0.556. The molecule has 0 spiro atoms. The summed E-state index contributed by atoms with van der Waals surface area (Å²) in [6.07, 6.45) is -0.351. The Morgan fingerprint density at radius 3 is 2.88 bits per heavy atom. The zero-order valence-electron chi connectivity index (χ0n) is 8.37. The first kappa shape index (κ1) is 11.1. The van der Waals surface area contributed by atoms with E-state index in [1.54, 1.807) is 0 Å². The zero-order chi connectivity index (χ0) is 11.7. The van der Waals surface area contributed by atoms with Gasteiger partial charge in [0.15, 0.2) is 0 Å². The summed E-state index contributed by atoms with van der Waals surface area (Å²) in [6.45, 7) is -0.186. The molecule has 1 aromatic heterocycles. The molecule has 1 aliphatic rings. The van der Waals surface area contributed by atoms with E-state index >= 15 is 0 Å². The van der Waals surface area contributed by atoms with Crippen molar-refractivity contribution in [3.63, 3.8) is 0 Å². The summed E-state index contributed by atoms with van der Waals surface area (Å²) in [5.74, 6) is 0. The summed E-state index contributed by atoms with van der Waals surface area (Å²) in [7, 11) is 0. The fourth-order valence-electron chi connectivity index (χ4n) is 1.76. The van der Waals surface area contributed by atoms with Gasteiger partial charge in [-0.3, -0.25) is 14.3 Å². The van der Waals surface area contributed by atoms with Crippen LogP contribution in [0.5, 0.6) is 0 Å². The van der Waals surface area contributed by atoms with Crippen molar-refractivity contribution in [3.8, 4) is 0 Å².